The number of carbonyl (C=O) groups excluding carboxylic acids is 1. The number of fused-ring (bicyclic) bond motifs is 1. The fourth-order valence-corrected chi connectivity index (χ4v) is 7.74. The van der Waals surface area contributed by atoms with Crippen LogP contribution in [-0.2, 0) is 12.8 Å². The van der Waals surface area contributed by atoms with Gasteiger partial charge < -0.3 is 20.3 Å². The van der Waals surface area contributed by atoms with Crippen LogP contribution in [0.25, 0.3) is 17.3 Å². The Hall–Kier alpha value is -4.28. The SMILES string of the molecule is CCCCc1c(-c2nc(O[C@@H](C)[C@@H]3CCCN3C)cc(-n3ccc(C(=O)NC)n3)n2)noc1[C@H]1CCCc2sc(N)c(C#N)c21. The Labute approximate surface area is 266 Å². The molecule has 1 saturated heterocycles. The fraction of sp³-hybridized carbons (Fsp3) is 0.500. The number of nitrogen functional groups attached to an aromatic ring is 1. The van der Waals surface area contributed by atoms with E-state index in [0.29, 0.717) is 40.2 Å². The molecule has 3 N–H and O–H groups in total. The summed E-state index contributed by atoms with van der Waals surface area (Å²) in [5.74, 6) is 1.52. The number of unbranched alkanes of at least 4 members (excludes halogenated alkanes) is 1. The summed E-state index contributed by atoms with van der Waals surface area (Å²) < 4.78 is 14.2. The van der Waals surface area contributed by atoms with Crippen LogP contribution in [-0.4, -0.2) is 68.5 Å². The number of likely N-dealkylation sites (tertiary alicyclic amines) is 1. The van der Waals surface area contributed by atoms with E-state index >= 15 is 0 Å². The standard InChI is InChI=1S/C32H39N9O3S/c1-5-6-9-20-28(39-44-29(20)19-10-7-12-24-27(19)21(17-33)30(34)45-24)31-36-25(41-15-13-22(38-41)32(42)35-3)16-26(37-31)43-18(2)23-11-8-14-40(23)4/h13,15-16,18-19,23H,5-12,14,34H2,1-4H3,(H,35,42)/t18-,19-,23-/m0/s1. The first-order valence-corrected chi connectivity index (χ1v) is 16.5. The van der Waals surface area contributed by atoms with Crippen molar-refractivity contribution in [3.8, 4) is 29.3 Å². The van der Waals surface area contributed by atoms with Crippen LogP contribution in [0, 0.1) is 11.3 Å². The van der Waals surface area contributed by atoms with Gasteiger partial charge in [0, 0.05) is 41.7 Å². The topological polar surface area (TPSA) is 161 Å². The number of nitriles is 1. The van der Waals surface area contributed by atoms with E-state index in [0.717, 1.165) is 73.3 Å². The van der Waals surface area contributed by atoms with Crippen LogP contribution in [0.15, 0.2) is 22.9 Å². The van der Waals surface area contributed by atoms with Gasteiger partial charge in [-0.3, -0.25) is 9.69 Å². The molecule has 1 fully saturated rings. The number of anilines is 1. The molecule has 236 valence electrons. The second-order valence-corrected chi connectivity index (χ2v) is 13.0. The third-order valence-electron chi connectivity index (χ3n) is 8.93. The van der Waals surface area contributed by atoms with Gasteiger partial charge in [0.25, 0.3) is 5.91 Å². The number of thiophene rings is 1. The summed E-state index contributed by atoms with van der Waals surface area (Å²) in [5.41, 5.74) is 9.54. The first-order chi connectivity index (χ1) is 21.8. The molecule has 45 heavy (non-hydrogen) atoms. The molecule has 0 bridgehead atoms. The van der Waals surface area contributed by atoms with Crippen LogP contribution in [0.1, 0.15) is 96.1 Å². The number of nitrogens with two attached hydrogens (primary N) is 1. The lowest BCUT2D eigenvalue weighted by atomic mass is 9.81. The minimum atomic E-state index is -0.293. The van der Waals surface area contributed by atoms with Crippen molar-refractivity contribution in [1.82, 2.24) is 35.1 Å². The average molecular weight is 630 g/mol. The minimum absolute atomic E-state index is 0.117. The van der Waals surface area contributed by atoms with Crippen LogP contribution in [0.5, 0.6) is 5.88 Å². The van der Waals surface area contributed by atoms with E-state index in [-0.39, 0.29) is 29.7 Å². The summed E-state index contributed by atoms with van der Waals surface area (Å²) in [6, 6.07) is 5.98. The van der Waals surface area contributed by atoms with Crippen LogP contribution >= 0.6 is 11.3 Å². The highest BCUT2D eigenvalue weighted by Crippen LogP contribution is 2.47. The Kier molecular flexibility index (Phi) is 8.87. The Morgan fingerprint density at radius 1 is 1.33 bits per heavy atom. The third-order valence-corrected chi connectivity index (χ3v) is 10.0. The number of amides is 1. The molecule has 0 aromatic carbocycles. The van der Waals surface area contributed by atoms with Gasteiger partial charge in [0.2, 0.25) is 5.88 Å². The van der Waals surface area contributed by atoms with Crippen molar-refractivity contribution in [3.63, 3.8) is 0 Å². The first kappa shape index (κ1) is 30.7. The molecule has 12 nitrogen and oxygen atoms in total. The average Bonchev–Trinajstić information content (AvgIpc) is 3.84. The zero-order valence-electron chi connectivity index (χ0n) is 26.2. The molecule has 1 aliphatic carbocycles. The molecule has 1 amide bonds. The van der Waals surface area contributed by atoms with E-state index in [1.54, 1.807) is 30.1 Å². The molecule has 4 aromatic heterocycles. The number of nitrogens with zero attached hydrogens (tertiary/aromatic N) is 7. The number of rotatable bonds is 10. The number of hydrogen-bond donors (Lipinski definition) is 2. The lowest BCUT2D eigenvalue weighted by Gasteiger charge is -2.26. The molecule has 2 aliphatic rings. The summed E-state index contributed by atoms with van der Waals surface area (Å²) in [7, 11) is 3.68. The summed E-state index contributed by atoms with van der Waals surface area (Å²) in [6.45, 7) is 5.24. The van der Waals surface area contributed by atoms with E-state index in [9.17, 15) is 10.1 Å². The summed E-state index contributed by atoms with van der Waals surface area (Å²) in [5, 5.41) is 22.2. The van der Waals surface area contributed by atoms with Crippen LogP contribution in [0.3, 0.4) is 0 Å². The van der Waals surface area contributed by atoms with Gasteiger partial charge in [-0.1, -0.05) is 18.5 Å². The third kappa shape index (κ3) is 5.92. The van der Waals surface area contributed by atoms with E-state index < -0.39 is 0 Å². The maximum Gasteiger partial charge on any atom is 0.271 e. The highest BCUT2D eigenvalue weighted by Gasteiger charge is 2.35. The number of aromatic nitrogens is 5. The van der Waals surface area contributed by atoms with Gasteiger partial charge in [0.15, 0.2) is 23.0 Å². The summed E-state index contributed by atoms with van der Waals surface area (Å²) >= 11 is 1.50. The predicted molar refractivity (Wildman–Crippen MR) is 171 cm³/mol. The number of hydrogen-bond acceptors (Lipinski definition) is 11. The van der Waals surface area contributed by atoms with E-state index in [1.165, 1.54) is 11.3 Å². The van der Waals surface area contributed by atoms with Crippen LogP contribution in [0.2, 0.25) is 0 Å². The molecule has 5 heterocycles. The molecule has 13 heteroatoms. The number of aryl methyl sites for hydroxylation is 1. The second-order valence-electron chi connectivity index (χ2n) is 11.8. The van der Waals surface area contributed by atoms with Crippen molar-refractivity contribution in [2.24, 2.45) is 0 Å². The molecular weight excluding hydrogens is 590 g/mol. The Balaban J connectivity index is 1.45. The lowest BCUT2D eigenvalue weighted by Crippen LogP contribution is -2.38. The zero-order chi connectivity index (χ0) is 31.7. The van der Waals surface area contributed by atoms with Crippen molar-refractivity contribution in [2.45, 2.75) is 83.3 Å². The molecule has 3 atom stereocenters. The van der Waals surface area contributed by atoms with Crippen molar-refractivity contribution >= 4 is 22.2 Å². The molecule has 0 radical (unpaired) electrons. The smallest absolute Gasteiger partial charge is 0.271 e. The molecule has 0 saturated carbocycles. The molecule has 0 spiro atoms. The first-order valence-electron chi connectivity index (χ1n) is 15.7. The number of carbonyl (C=O) groups is 1. The Morgan fingerprint density at radius 3 is 2.91 bits per heavy atom. The van der Waals surface area contributed by atoms with Crippen molar-refractivity contribution in [2.75, 3.05) is 26.4 Å². The maximum absolute atomic E-state index is 12.3. The lowest BCUT2D eigenvalue weighted by molar-refractivity contribution is 0.0957. The van der Waals surface area contributed by atoms with Crippen molar-refractivity contribution in [3.05, 3.63) is 51.4 Å². The van der Waals surface area contributed by atoms with Crippen LogP contribution < -0.4 is 15.8 Å². The highest BCUT2D eigenvalue weighted by atomic mass is 32.1. The van der Waals surface area contributed by atoms with Crippen LogP contribution in [0.4, 0.5) is 5.00 Å². The van der Waals surface area contributed by atoms with Gasteiger partial charge in [0.1, 0.15) is 22.9 Å². The second kappa shape index (κ2) is 13.0. The van der Waals surface area contributed by atoms with Gasteiger partial charge in [0.05, 0.1) is 5.56 Å². The number of ether oxygens (including phenoxy) is 1. The summed E-state index contributed by atoms with van der Waals surface area (Å²) in [4.78, 5) is 25.5. The van der Waals surface area contributed by atoms with Gasteiger partial charge in [-0.15, -0.1) is 11.3 Å². The summed E-state index contributed by atoms with van der Waals surface area (Å²) in [6.07, 6.45) is 9.06. The normalized spacial score (nSPS) is 18.8. The quantitative estimate of drug-likeness (QED) is 0.248. The van der Waals surface area contributed by atoms with Crippen molar-refractivity contribution in [1.29, 1.82) is 5.26 Å². The minimum Gasteiger partial charge on any atom is -0.473 e. The largest absolute Gasteiger partial charge is 0.473 e. The molecular formula is C32H39N9O3S. The fourth-order valence-electron chi connectivity index (χ4n) is 6.62. The Morgan fingerprint density at radius 2 is 2.18 bits per heavy atom. The van der Waals surface area contributed by atoms with Gasteiger partial charge in [-0.2, -0.15) is 15.3 Å². The zero-order valence-corrected chi connectivity index (χ0v) is 27.0. The highest BCUT2D eigenvalue weighted by molar-refractivity contribution is 7.16. The molecule has 0 unspecified atom stereocenters. The Bertz CT molecular complexity index is 1740. The predicted octanol–water partition coefficient (Wildman–Crippen LogP) is 4.86. The molecule has 1 aliphatic heterocycles. The number of likely N-dealkylation sites (N-methyl/N-ethyl adjacent to an activating group) is 1. The van der Waals surface area contributed by atoms with E-state index in [1.807, 2.05) is 0 Å². The van der Waals surface area contributed by atoms with E-state index in [4.69, 9.17) is 25.0 Å². The van der Waals surface area contributed by atoms with E-state index in [2.05, 4.69) is 47.4 Å². The monoisotopic (exact) mass is 629 g/mol. The maximum atomic E-state index is 12.3. The van der Waals surface area contributed by atoms with Gasteiger partial charge in [-0.05, 0) is 77.1 Å². The number of nitrogens with one attached hydrogen (secondary N) is 1. The molecule has 6 rings (SSSR count). The van der Waals surface area contributed by atoms with Crippen molar-refractivity contribution < 1.29 is 14.1 Å². The van der Waals surface area contributed by atoms with Gasteiger partial charge in [-0.25, -0.2) is 9.67 Å². The molecule has 4 aromatic rings. The van der Waals surface area contributed by atoms with Gasteiger partial charge >= 0.3 is 0 Å².